The lowest BCUT2D eigenvalue weighted by Gasteiger charge is -2.12. The number of halogens is 5. The van der Waals surface area contributed by atoms with Crippen LogP contribution in [0.15, 0.2) is 53.6 Å². The SMILES string of the molecule is COc1cc(C(=O)N/N=C\c2cc(Cl)c(OCc3ccc(Cl)cc3Cl)c(Cl)c2)ccc1I. The lowest BCUT2D eigenvalue weighted by Crippen LogP contribution is -2.17. The van der Waals surface area contributed by atoms with Crippen LogP contribution in [0.1, 0.15) is 21.5 Å². The van der Waals surface area contributed by atoms with Crippen LogP contribution in [-0.2, 0) is 6.61 Å². The summed E-state index contributed by atoms with van der Waals surface area (Å²) in [5.74, 6) is 0.538. The fraction of sp³-hybridized carbons (Fsp3) is 0.0909. The number of carbonyl (C=O) groups is 1. The zero-order valence-electron chi connectivity index (χ0n) is 16.5. The van der Waals surface area contributed by atoms with Crippen molar-refractivity contribution in [2.24, 2.45) is 5.10 Å². The Morgan fingerprint density at radius 2 is 1.75 bits per heavy atom. The zero-order valence-corrected chi connectivity index (χ0v) is 21.6. The van der Waals surface area contributed by atoms with E-state index in [1.165, 1.54) is 6.21 Å². The lowest BCUT2D eigenvalue weighted by molar-refractivity contribution is 0.0954. The van der Waals surface area contributed by atoms with Gasteiger partial charge in [-0.1, -0.05) is 52.5 Å². The molecular formula is C22H15Cl4IN2O3. The molecule has 3 aromatic carbocycles. The number of carbonyl (C=O) groups excluding carboxylic acids is 1. The summed E-state index contributed by atoms with van der Waals surface area (Å²) in [6.45, 7) is 0.165. The molecule has 0 aliphatic rings. The fourth-order valence-corrected chi connectivity index (χ4v) is 4.24. The normalized spacial score (nSPS) is 10.9. The zero-order chi connectivity index (χ0) is 23.3. The number of nitrogens with zero attached hydrogens (tertiary/aromatic N) is 1. The molecule has 10 heteroatoms. The predicted molar refractivity (Wildman–Crippen MR) is 138 cm³/mol. The summed E-state index contributed by atoms with van der Waals surface area (Å²) in [4.78, 5) is 12.3. The minimum atomic E-state index is -0.382. The number of hydrogen-bond acceptors (Lipinski definition) is 4. The Kier molecular flexibility index (Phi) is 8.90. The van der Waals surface area contributed by atoms with Gasteiger partial charge in [-0.3, -0.25) is 4.79 Å². The molecule has 0 spiro atoms. The van der Waals surface area contributed by atoms with E-state index in [4.69, 9.17) is 55.9 Å². The molecule has 0 radical (unpaired) electrons. The van der Waals surface area contributed by atoms with Crippen molar-refractivity contribution in [3.8, 4) is 11.5 Å². The van der Waals surface area contributed by atoms with Gasteiger partial charge in [0.05, 0.1) is 26.9 Å². The molecule has 0 aromatic heterocycles. The second-order valence-electron chi connectivity index (χ2n) is 6.39. The summed E-state index contributed by atoms with van der Waals surface area (Å²) in [6.07, 6.45) is 1.43. The number of hydrazone groups is 1. The standard InChI is InChI=1S/C22H15Cl4IN2O3/c1-31-20-8-13(3-5-19(20)27)22(30)29-28-10-12-6-17(25)21(18(26)7-12)32-11-14-2-4-15(23)9-16(14)24/h2-10H,11H2,1H3,(H,29,30)/b28-10-. The number of nitrogens with one attached hydrogen (secondary N) is 1. The Bertz CT molecular complexity index is 1160. The molecule has 0 unspecified atom stereocenters. The van der Waals surface area contributed by atoms with Gasteiger partial charge < -0.3 is 9.47 Å². The van der Waals surface area contributed by atoms with Gasteiger partial charge in [0.1, 0.15) is 12.4 Å². The van der Waals surface area contributed by atoms with Crippen molar-refractivity contribution in [2.75, 3.05) is 7.11 Å². The Morgan fingerprint density at radius 1 is 1.03 bits per heavy atom. The Morgan fingerprint density at radius 3 is 2.41 bits per heavy atom. The second-order valence-corrected chi connectivity index (χ2v) is 9.21. The molecule has 0 aliphatic heterocycles. The van der Waals surface area contributed by atoms with E-state index in [1.807, 2.05) is 0 Å². The van der Waals surface area contributed by atoms with Crippen LogP contribution in [0, 0.1) is 3.57 Å². The third-order valence-electron chi connectivity index (χ3n) is 4.20. The first-order valence-corrected chi connectivity index (χ1v) is 11.6. The minimum absolute atomic E-state index is 0.165. The van der Waals surface area contributed by atoms with Crippen LogP contribution in [0.5, 0.6) is 11.5 Å². The van der Waals surface area contributed by atoms with Crippen molar-refractivity contribution in [1.82, 2.24) is 5.43 Å². The summed E-state index contributed by atoms with van der Waals surface area (Å²) in [5, 5.41) is 5.56. The highest BCUT2D eigenvalue weighted by Gasteiger charge is 2.12. The van der Waals surface area contributed by atoms with E-state index in [-0.39, 0.29) is 22.6 Å². The Balaban J connectivity index is 1.66. The first-order chi connectivity index (χ1) is 15.3. The first-order valence-electron chi connectivity index (χ1n) is 9.01. The predicted octanol–water partition coefficient (Wildman–Crippen LogP) is 7.26. The van der Waals surface area contributed by atoms with Gasteiger partial charge in [-0.05, 0) is 70.6 Å². The van der Waals surface area contributed by atoms with Gasteiger partial charge in [0.15, 0.2) is 5.75 Å². The number of benzene rings is 3. The Labute approximate surface area is 218 Å². The van der Waals surface area contributed by atoms with Gasteiger partial charge in [-0.2, -0.15) is 5.10 Å². The summed E-state index contributed by atoms with van der Waals surface area (Å²) in [5.41, 5.74) is 4.20. The monoisotopic (exact) mass is 622 g/mol. The van der Waals surface area contributed by atoms with Crippen LogP contribution in [0.25, 0.3) is 0 Å². The number of hydrogen-bond donors (Lipinski definition) is 1. The molecule has 1 amide bonds. The maximum absolute atomic E-state index is 12.3. The second kappa shape index (κ2) is 11.4. The number of methoxy groups -OCH3 is 1. The molecular weight excluding hydrogens is 609 g/mol. The molecule has 0 saturated heterocycles. The maximum Gasteiger partial charge on any atom is 0.271 e. The summed E-state index contributed by atoms with van der Waals surface area (Å²) in [7, 11) is 1.54. The molecule has 3 rings (SSSR count). The van der Waals surface area contributed by atoms with Crippen LogP contribution < -0.4 is 14.9 Å². The highest BCUT2D eigenvalue weighted by Crippen LogP contribution is 2.35. The van der Waals surface area contributed by atoms with Crippen molar-refractivity contribution in [1.29, 1.82) is 0 Å². The van der Waals surface area contributed by atoms with Crippen molar-refractivity contribution < 1.29 is 14.3 Å². The van der Waals surface area contributed by atoms with Crippen molar-refractivity contribution >= 4 is 81.1 Å². The van der Waals surface area contributed by atoms with Gasteiger partial charge in [0.2, 0.25) is 0 Å². The summed E-state index contributed by atoms with van der Waals surface area (Å²) < 4.78 is 11.9. The maximum atomic E-state index is 12.3. The summed E-state index contributed by atoms with van der Waals surface area (Å²) in [6, 6.07) is 13.5. The fourth-order valence-electron chi connectivity index (χ4n) is 2.61. The number of ether oxygens (including phenoxy) is 2. The number of amides is 1. The summed E-state index contributed by atoms with van der Waals surface area (Å²) >= 11 is 26.8. The van der Waals surface area contributed by atoms with Gasteiger partial charge in [0, 0.05) is 21.2 Å². The van der Waals surface area contributed by atoms with E-state index in [9.17, 15) is 4.79 Å². The smallest absolute Gasteiger partial charge is 0.271 e. The molecule has 0 fully saturated rings. The Hall–Kier alpha value is -1.71. The quantitative estimate of drug-likeness (QED) is 0.171. The number of rotatable bonds is 7. The van der Waals surface area contributed by atoms with E-state index in [1.54, 1.807) is 55.6 Å². The third kappa shape index (κ3) is 6.42. The van der Waals surface area contributed by atoms with Crippen molar-refractivity contribution in [2.45, 2.75) is 6.61 Å². The molecule has 0 heterocycles. The lowest BCUT2D eigenvalue weighted by atomic mass is 10.2. The van der Waals surface area contributed by atoms with Crippen LogP contribution >= 0.6 is 69.0 Å². The average Bonchev–Trinajstić information content (AvgIpc) is 2.74. The third-order valence-corrected chi connectivity index (χ3v) is 6.24. The van der Waals surface area contributed by atoms with Gasteiger partial charge >= 0.3 is 0 Å². The van der Waals surface area contributed by atoms with Crippen LogP contribution in [0.3, 0.4) is 0 Å². The van der Waals surface area contributed by atoms with E-state index in [2.05, 4.69) is 33.1 Å². The molecule has 0 bridgehead atoms. The molecule has 166 valence electrons. The van der Waals surface area contributed by atoms with E-state index < -0.39 is 0 Å². The van der Waals surface area contributed by atoms with Crippen LogP contribution in [0.2, 0.25) is 20.1 Å². The average molecular weight is 624 g/mol. The first kappa shape index (κ1) is 24.9. The van der Waals surface area contributed by atoms with Crippen molar-refractivity contribution in [3.63, 3.8) is 0 Å². The van der Waals surface area contributed by atoms with E-state index in [0.29, 0.717) is 32.7 Å². The van der Waals surface area contributed by atoms with Gasteiger partial charge in [0.25, 0.3) is 5.91 Å². The van der Waals surface area contributed by atoms with Crippen LogP contribution in [0.4, 0.5) is 0 Å². The van der Waals surface area contributed by atoms with Crippen molar-refractivity contribution in [3.05, 3.63) is 88.9 Å². The minimum Gasteiger partial charge on any atom is -0.496 e. The highest BCUT2D eigenvalue weighted by molar-refractivity contribution is 14.1. The van der Waals surface area contributed by atoms with Gasteiger partial charge in [-0.15, -0.1) is 0 Å². The highest BCUT2D eigenvalue weighted by atomic mass is 127. The molecule has 5 nitrogen and oxygen atoms in total. The molecule has 0 saturated carbocycles. The molecule has 3 aromatic rings. The molecule has 0 aliphatic carbocycles. The van der Waals surface area contributed by atoms with E-state index in [0.717, 1.165) is 9.13 Å². The molecule has 0 atom stereocenters. The van der Waals surface area contributed by atoms with Gasteiger partial charge in [-0.25, -0.2) is 5.43 Å². The molecule has 1 N–H and O–H groups in total. The van der Waals surface area contributed by atoms with E-state index >= 15 is 0 Å². The topological polar surface area (TPSA) is 59.9 Å². The van der Waals surface area contributed by atoms with Crippen LogP contribution in [-0.4, -0.2) is 19.2 Å². The molecule has 32 heavy (non-hydrogen) atoms. The largest absolute Gasteiger partial charge is 0.496 e.